The fourth-order valence-electron chi connectivity index (χ4n) is 4.29. The zero-order chi connectivity index (χ0) is 26.7. The lowest BCUT2D eigenvalue weighted by molar-refractivity contribution is 0.262. The highest BCUT2D eigenvalue weighted by molar-refractivity contribution is 7.23. The van der Waals surface area contributed by atoms with Gasteiger partial charge in [-0.2, -0.15) is 0 Å². The van der Waals surface area contributed by atoms with Crippen LogP contribution < -0.4 is 21.3 Å². The van der Waals surface area contributed by atoms with Crippen LogP contribution in [0, 0.1) is 0 Å². The summed E-state index contributed by atoms with van der Waals surface area (Å²) < 4.78 is 7.38. The first-order valence-corrected chi connectivity index (χ1v) is 13.3. The van der Waals surface area contributed by atoms with Crippen molar-refractivity contribution in [1.82, 2.24) is 19.5 Å². The smallest absolute Gasteiger partial charge is 0.324 e. The number of carbonyl (C=O) groups is 1. The average Bonchev–Trinajstić information content (AvgIpc) is 3.21. The van der Waals surface area contributed by atoms with Crippen molar-refractivity contribution in [3.05, 3.63) is 54.4 Å². The summed E-state index contributed by atoms with van der Waals surface area (Å²) in [6, 6.07) is 13.0. The first kappa shape index (κ1) is 24.4. The van der Waals surface area contributed by atoms with Crippen molar-refractivity contribution in [3.63, 3.8) is 0 Å². The van der Waals surface area contributed by atoms with Gasteiger partial charge in [0.25, 0.3) is 0 Å². The molecule has 1 aliphatic carbocycles. The number of urea groups is 1. The summed E-state index contributed by atoms with van der Waals surface area (Å²) in [5, 5.41) is 9.44. The fourth-order valence-corrected chi connectivity index (χ4v) is 5.27. The number of aromatic nitrogens is 4. The molecule has 1 fully saturated rings. The fraction of sp³-hybridized carbons (Fsp3) is 0.333. The number of nitrogens with two attached hydrogens (primary N) is 1. The molecule has 4 heterocycles. The lowest BCUT2D eigenvalue weighted by Crippen LogP contribution is -2.37. The van der Waals surface area contributed by atoms with Gasteiger partial charge in [0.2, 0.25) is 0 Å². The molecule has 4 N–H and O–H groups in total. The van der Waals surface area contributed by atoms with Gasteiger partial charge in [-0.05, 0) is 37.1 Å². The Bertz CT molecular complexity index is 1640. The highest BCUT2D eigenvalue weighted by Crippen LogP contribution is 2.35. The quantitative estimate of drug-likeness (QED) is 0.266. The van der Waals surface area contributed by atoms with Gasteiger partial charge in [0.05, 0.1) is 11.2 Å². The topological polar surface area (TPSA) is 127 Å². The monoisotopic (exact) mass is 530 g/mol. The first-order valence-electron chi connectivity index (χ1n) is 12.5. The minimum Gasteiger partial charge on any atom is -0.359 e. The molecule has 1 saturated carbocycles. The van der Waals surface area contributed by atoms with Crippen molar-refractivity contribution < 1.29 is 9.32 Å². The number of nitrogens with one attached hydrogen (secondary N) is 2. The maximum Gasteiger partial charge on any atom is 0.324 e. The first-order chi connectivity index (χ1) is 18.1. The predicted molar refractivity (Wildman–Crippen MR) is 151 cm³/mol. The van der Waals surface area contributed by atoms with Crippen molar-refractivity contribution in [3.8, 4) is 11.3 Å². The predicted octanol–water partition coefficient (Wildman–Crippen LogP) is 5.47. The minimum atomic E-state index is -0.392. The van der Waals surface area contributed by atoms with E-state index in [1.807, 2.05) is 64.3 Å². The zero-order valence-corrected chi connectivity index (χ0v) is 22.6. The number of pyridine rings is 1. The van der Waals surface area contributed by atoms with E-state index in [0.717, 1.165) is 51.8 Å². The van der Waals surface area contributed by atoms with Gasteiger partial charge < -0.3 is 20.5 Å². The zero-order valence-electron chi connectivity index (χ0n) is 21.8. The Balaban J connectivity index is 1.14. The van der Waals surface area contributed by atoms with Gasteiger partial charge in [-0.15, -0.1) is 0 Å². The number of benzene rings is 1. The van der Waals surface area contributed by atoms with E-state index >= 15 is 0 Å². The number of likely N-dealkylation sites (N-methyl/N-ethyl adjacent to an activating group) is 1. The van der Waals surface area contributed by atoms with Gasteiger partial charge in [0.1, 0.15) is 16.4 Å². The molecular weight excluding hydrogens is 500 g/mol. The van der Waals surface area contributed by atoms with E-state index in [1.54, 1.807) is 17.4 Å². The Morgan fingerprint density at radius 2 is 1.92 bits per heavy atom. The molecule has 0 unspecified atom stereocenters. The number of nitrogens with zero attached hydrogens (tertiary/aromatic N) is 5. The normalized spacial score (nSPS) is 14.7. The SMILES string of the molecule is CN(CC1(N)CC1)c1ccc2c(n1)sc1nc(-c3ccc(NC(=O)Nc4cc(C(C)(C)C)on4)cc3)cn12. The summed E-state index contributed by atoms with van der Waals surface area (Å²) in [6.07, 6.45) is 4.16. The van der Waals surface area contributed by atoms with Gasteiger partial charge in [-0.3, -0.25) is 9.72 Å². The van der Waals surface area contributed by atoms with Crippen LogP contribution in [0.2, 0.25) is 0 Å². The van der Waals surface area contributed by atoms with E-state index in [-0.39, 0.29) is 11.0 Å². The molecule has 0 aliphatic heterocycles. The van der Waals surface area contributed by atoms with E-state index in [9.17, 15) is 4.79 Å². The summed E-state index contributed by atoms with van der Waals surface area (Å²) in [4.78, 5) is 26.0. The highest BCUT2D eigenvalue weighted by atomic mass is 32.1. The van der Waals surface area contributed by atoms with E-state index in [1.165, 1.54) is 0 Å². The van der Waals surface area contributed by atoms with Crippen molar-refractivity contribution in [2.24, 2.45) is 5.73 Å². The average molecular weight is 531 g/mol. The summed E-state index contributed by atoms with van der Waals surface area (Å²) in [6.45, 7) is 6.86. The van der Waals surface area contributed by atoms with Crippen LogP contribution in [-0.2, 0) is 5.41 Å². The third-order valence-corrected chi connectivity index (χ3v) is 7.68. The van der Waals surface area contributed by atoms with Crippen molar-refractivity contribution in [2.45, 2.75) is 44.6 Å². The van der Waals surface area contributed by atoms with Crippen LogP contribution in [0.4, 0.5) is 22.1 Å². The van der Waals surface area contributed by atoms with Crippen LogP contribution >= 0.6 is 11.3 Å². The lowest BCUT2D eigenvalue weighted by atomic mass is 9.93. The van der Waals surface area contributed by atoms with E-state index in [2.05, 4.69) is 31.2 Å². The Morgan fingerprint density at radius 3 is 2.61 bits per heavy atom. The van der Waals surface area contributed by atoms with Crippen LogP contribution in [0.1, 0.15) is 39.4 Å². The maximum absolute atomic E-state index is 12.4. The second kappa shape index (κ2) is 8.81. The maximum atomic E-state index is 12.4. The van der Waals surface area contributed by atoms with Crippen molar-refractivity contribution >= 4 is 50.0 Å². The summed E-state index contributed by atoms with van der Waals surface area (Å²) in [7, 11) is 2.04. The van der Waals surface area contributed by atoms with Crippen LogP contribution in [-0.4, -0.2) is 44.7 Å². The molecule has 0 bridgehead atoms. The van der Waals surface area contributed by atoms with Crippen LogP contribution in [0.5, 0.6) is 0 Å². The molecule has 6 rings (SSSR count). The largest absolute Gasteiger partial charge is 0.359 e. The molecule has 1 aromatic carbocycles. The molecule has 10 nitrogen and oxygen atoms in total. The van der Waals surface area contributed by atoms with Gasteiger partial charge in [-0.1, -0.05) is 49.4 Å². The Labute approximate surface area is 223 Å². The van der Waals surface area contributed by atoms with Crippen molar-refractivity contribution in [1.29, 1.82) is 0 Å². The van der Waals surface area contributed by atoms with Crippen molar-refractivity contribution in [2.75, 3.05) is 29.1 Å². The Morgan fingerprint density at radius 1 is 1.16 bits per heavy atom. The molecule has 0 atom stereocenters. The van der Waals surface area contributed by atoms with E-state index in [0.29, 0.717) is 17.3 Å². The number of anilines is 3. The van der Waals surface area contributed by atoms with Crippen LogP contribution in [0.3, 0.4) is 0 Å². The summed E-state index contributed by atoms with van der Waals surface area (Å²) >= 11 is 1.56. The molecule has 11 heteroatoms. The third kappa shape index (κ3) is 4.82. The second-order valence-corrected chi connectivity index (χ2v) is 12.0. The molecule has 196 valence electrons. The summed E-state index contributed by atoms with van der Waals surface area (Å²) in [5.41, 5.74) is 9.51. The number of hydrogen-bond donors (Lipinski definition) is 3. The molecule has 2 amide bonds. The number of amides is 2. The molecule has 5 aromatic rings. The Hall–Kier alpha value is -3.96. The van der Waals surface area contributed by atoms with E-state index in [4.69, 9.17) is 20.2 Å². The van der Waals surface area contributed by atoms with Crippen LogP contribution in [0.25, 0.3) is 26.6 Å². The molecule has 0 saturated heterocycles. The van der Waals surface area contributed by atoms with Gasteiger partial charge in [-0.25, -0.2) is 14.8 Å². The third-order valence-electron chi connectivity index (χ3n) is 6.71. The standard InChI is InChI=1S/C27H30N8O2S/c1-26(2,3)20-13-21(33-37-20)31-24(36)29-17-7-5-16(6-8-17)18-14-35-19-9-10-22(32-23(19)38-25(35)30-18)34(4)15-27(28)11-12-27/h5-10,13-14H,11-12,15,28H2,1-4H3,(H2,29,31,33,36). The Kier molecular flexibility index (Phi) is 5.65. The minimum absolute atomic E-state index is 0.0631. The number of fused-ring (bicyclic) bond motifs is 3. The molecule has 0 spiro atoms. The molecule has 38 heavy (non-hydrogen) atoms. The molecule has 4 aromatic heterocycles. The number of imidazole rings is 1. The van der Waals surface area contributed by atoms with Gasteiger partial charge in [0.15, 0.2) is 10.8 Å². The van der Waals surface area contributed by atoms with E-state index < -0.39 is 6.03 Å². The summed E-state index contributed by atoms with van der Waals surface area (Å²) in [5.74, 6) is 1.99. The number of rotatable bonds is 6. The number of thiazole rings is 1. The van der Waals surface area contributed by atoms with Crippen LogP contribution in [0.15, 0.2) is 53.2 Å². The number of carbonyl (C=O) groups excluding carboxylic acids is 1. The van der Waals surface area contributed by atoms with Gasteiger partial charge >= 0.3 is 6.03 Å². The molecule has 1 aliphatic rings. The molecule has 0 radical (unpaired) electrons. The second-order valence-electron chi connectivity index (χ2n) is 11.1. The lowest BCUT2D eigenvalue weighted by Gasteiger charge is -2.21. The highest BCUT2D eigenvalue weighted by Gasteiger charge is 2.39. The van der Waals surface area contributed by atoms with Gasteiger partial charge in [0, 0.05) is 48.1 Å². The molecular formula is C27H30N8O2S. The number of hydrogen-bond acceptors (Lipinski definition) is 8.